The first-order valence-electron chi connectivity index (χ1n) is 25.7. The molecule has 5 N–H and O–H groups in total. The number of H-pyrrole nitrogens is 1. The fraction of sp³-hybridized carbons (Fsp3) is 0.615. The molecule has 3 aromatic rings. The Balaban J connectivity index is 1.16. The molecular weight excluding hydrogens is 873 g/mol. The number of amides is 5. The maximum absolute atomic E-state index is 14.1. The molecule has 69 heavy (non-hydrogen) atoms. The molecule has 380 valence electrons. The van der Waals surface area contributed by atoms with Crippen LogP contribution in [0.2, 0.25) is 0 Å². The van der Waals surface area contributed by atoms with Gasteiger partial charge in [-0.2, -0.15) is 0 Å². The molecule has 17 heteroatoms. The third kappa shape index (κ3) is 17.2. The van der Waals surface area contributed by atoms with Crippen molar-refractivity contribution in [2.24, 2.45) is 0 Å². The second kappa shape index (κ2) is 29.0. The summed E-state index contributed by atoms with van der Waals surface area (Å²) < 4.78 is 0. The van der Waals surface area contributed by atoms with Crippen molar-refractivity contribution in [1.82, 2.24) is 55.3 Å². The third-order valence-electron chi connectivity index (χ3n) is 13.4. The second-order valence-electron chi connectivity index (χ2n) is 18.4. The number of benzene rings is 2. The van der Waals surface area contributed by atoms with Gasteiger partial charge in [-0.05, 0) is 74.6 Å². The SMILES string of the molecule is CCC[C@H](NC(=O)CN1CCN(CC)CCN(CC)CCN(CC)CC1)C(=O)N[C@@H](CCC)C(=O)NCCCN1Cc2cc(C(=O)N(Cc3ccccc3)Cc3ncc[nH]3)ccc2N[C@@H](CC)C1=O. The van der Waals surface area contributed by atoms with E-state index in [0.29, 0.717) is 82.6 Å². The number of hydrogen-bond donors (Lipinski definition) is 5. The lowest BCUT2D eigenvalue weighted by atomic mass is 10.1. The van der Waals surface area contributed by atoms with Crippen LogP contribution in [0.1, 0.15) is 107 Å². The molecule has 0 spiro atoms. The number of carbonyl (C=O) groups excluding carboxylic acids is 5. The lowest BCUT2D eigenvalue weighted by Crippen LogP contribution is -2.55. The van der Waals surface area contributed by atoms with E-state index < -0.39 is 18.1 Å². The van der Waals surface area contributed by atoms with Crippen molar-refractivity contribution < 1.29 is 24.0 Å². The van der Waals surface area contributed by atoms with Gasteiger partial charge >= 0.3 is 0 Å². The Bertz CT molecular complexity index is 2020. The number of carbonyl (C=O) groups is 5. The third-order valence-corrected chi connectivity index (χ3v) is 13.4. The maximum atomic E-state index is 14.1. The van der Waals surface area contributed by atoms with Crippen LogP contribution in [-0.2, 0) is 38.8 Å². The predicted octanol–water partition coefficient (Wildman–Crippen LogP) is 4.14. The van der Waals surface area contributed by atoms with Crippen LogP contribution < -0.4 is 21.3 Å². The molecule has 0 unspecified atom stereocenters. The Morgan fingerprint density at radius 3 is 1.93 bits per heavy atom. The first-order chi connectivity index (χ1) is 33.5. The van der Waals surface area contributed by atoms with Gasteiger partial charge in [0, 0.05) is 102 Å². The number of likely N-dealkylation sites (N-methyl/N-ethyl adjacent to an activating group) is 3. The van der Waals surface area contributed by atoms with Gasteiger partial charge in [-0.3, -0.25) is 28.9 Å². The summed E-state index contributed by atoms with van der Waals surface area (Å²) in [5.74, 6) is -0.375. The van der Waals surface area contributed by atoms with Gasteiger partial charge in [0.05, 0.1) is 13.1 Å². The van der Waals surface area contributed by atoms with Gasteiger partial charge in [-0.15, -0.1) is 0 Å². The van der Waals surface area contributed by atoms with Crippen LogP contribution in [-0.4, -0.2) is 179 Å². The van der Waals surface area contributed by atoms with Crippen molar-refractivity contribution in [3.05, 3.63) is 83.4 Å². The fourth-order valence-corrected chi connectivity index (χ4v) is 9.09. The van der Waals surface area contributed by atoms with E-state index in [1.807, 2.05) is 69.3 Å². The Hall–Kier alpha value is -5.36. The zero-order chi connectivity index (χ0) is 49.5. The van der Waals surface area contributed by atoms with E-state index in [4.69, 9.17) is 0 Å². The van der Waals surface area contributed by atoms with E-state index in [9.17, 15) is 24.0 Å². The number of imidazole rings is 1. The van der Waals surface area contributed by atoms with Crippen LogP contribution in [0.15, 0.2) is 60.9 Å². The number of aromatic amines is 1. The highest BCUT2D eigenvalue weighted by atomic mass is 16.2. The second-order valence-corrected chi connectivity index (χ2v) is 18.4. The largest absolute Gasteiger partial charge is 0.373 e. The molecule has 0 aliphatic carbocycles. The molecule has 0 saturated carbocycles. The van der Waals surface area contributed by atoms with E-state index in [-0.39, 0.29) is 36.1 Å². The number of nitrogens with one attached hydrogen (secondary N) is 5. The van der Waals surface area contributed by atoms with Crippen molar-refractivity contribution in [1.29, 1.82) is 0 Å². The minimum atomic E-state index is -0.775. The standard InChI is InChI=1S/C52H82N12O5/c1-7-17-45(58-50(67)46(18-8-2)57-48(65)39-62-33-31-60(11-5)29-27-59(10-4)28-30-61(12-6)32-34-62)49(66)55-23-16-26-63-37-42-35-41(21-22-44(42)56-43(9-3)52(63)69)51(68)64(38-47-53-24-25-54-47)36-40-19-14-13-15-20-40/h13-15,19-22,24-25,35,43,45-46,56H,7-12,16-18,23,26-34,36-39H2,1-6H3,(H,53,54)(H,55,66)(H,57,65)(H,58,67)/t43-,45-,46-/m0/s1. The minimum absolute atomic E-state index is 0.0472. The van der Waals surface area contributed by atoms with Crippen LogP contribution >= 0.6 is 0 Å². The Kier molecular flexibility index (Phi) is 22.9. The summed E-state index contributed by atoms with van der Waals surface area (Å²) in [6, 6.07) is 13.4. The molecule has 17 nitrogen and oxygen atoms in total. The smallest absolute Gasteiger partial charge is 0.254 e. The van der Waals surface area contributed by atoms with Gasteiger partial charge in [0.1, 0.15) is 23.9 Å². The molecule has 1 saturated heterocycles. The zero-order valence-electron chi connectivity index (χ0n) is 42.4. The van der Waals surface area contributed by atoms with Crippen LogP contribution in [0.5, 0.6) is 0 Å². The first kappa shape index (κ1) is 54.6. The van der Waals surface area contributed by atoms with Crippen LogP contribution in [0.25, 0.3) is 0 Å². The van der Waals surface area contributed by atoms with Crippen LogP contribution in [0, 0.1) is 0 Å². The molecule has 0 radical (unpaired) electrons. The number of rotatable bonds is 23. The summed E-state index contributed by atoms with van der Waals surface area (Å²) in [5.41, 5.74) is 3.15. The van der Waals surface area contributed by atoms with Gasteiger partial charge in [0.25, 0.3) is 5.91 Å². The quantitative estimate of drug-likeness (QED) is 0.0863. The van der Waals surface area contributed by atoms with E-state index in [2.05, 4.69) is 71.6 Å². The summed E-state index contributed by atoms with van der Waals surface area (Å²) in [5, 5.41) is 12.4. The molecule has 5 rings (SSSR count). The summed E-state index contributed by atoms with van der Waals surface area (Å²) in [6.07, 6.45) is 6.71. The maximum Gasteiger partial charge on any atom is 0.254 e. The number of fused-ring (bicyclic) bond motifs is 1. The van der Waals surface area contributed by atoms with E-state index in [0.717, 1.165) is 88.8 Å². The fourth-order valence-electron chi connectivity index (χ4n) is 9.09. The Labute approximate surface area is 411 Å². The normalized spacial score (nSPS) is 17.9. The van der Waals surface area contributed by atoms with Crippen LogP contribution in [0.4, 0.5) is 5.69 Å². The molecule has 5 amide bonds. The summed E-state index contributed by atoms with van der Waals surface area (Å²) >= 11 is 0. The van der Waals surface area contributed by atoms with Crippen molar-refractivity contribution in [3.8, 4) is 0 Å². The molecule has 1 fully saturated rings. The van der Waals surface area contributed by atoms with Crippen molar-refractivity contribution in [3.63, 3.8) is 0 Å². The van der Waals surface area contributed by atoms with E-state index in [1.54, 1.807) is 22.2 Å². The molecule has 2 aromatic carbocycles. The van der Waals surface area contributed by atoms with Gasteiger partial charge in [-0.1, -0.05) is 84.7 Å². The number of anilines is 1. The molecule has 1 aromatic heterocycles. The highest BCUT2D eigenvalue weighted by Gasteiger charge is 2.30. The molecule has 3 atom stereocenters. The van der Waals surface area contributed by atoms with Crippen molar-refractivity contribution in [2.45, 2.75) is 118 Å². The highest BCUT2D eigenvalue weighted by Crippen LogP contribution is 2.27. The predicted molar refractivity (Wildman–Crippen MR) is 272 cm³/mol. The summed E-state index contributed by atoms with van der Waals surface area (Å²) in [6.45, 7) is 24.6. The topological polar surface area (TPSA) is 182 Å². The molecule has 0 bridgehead atoms. The summed E-state index contributed by atoms with van der Waals surface area (Å²) in [4.78, 5) is 89.8. The Morgan fingerprint density at radius 1 is 0.754 bits per heavy atom. The molecule has 2 aliphatic heterocycles. The number of nitrogens with zero attached hydrogens (tertiary/aromatic N) is 7. The number of aromatic nitrogens is 2. The average molecular weight is 955 g/mol. The van der Waals surface area contributed by atoms with Crippen LogP contribution in [0.3, 0.4) is 0 Å². The zero-order valence-corrected chi connectivity index (χ0v) is 42.4. The summed E-state index contributed by atoms with van der Waals surface area (Å²) in [7, 11) is 0. The number of hydrogen-bond acceptors (Lipinski definition) is 11. The molecule has 2 aliphatic rings. The first-order valence-corrected chi connectivity index (χ1v) is 25.7. The molecular formula is C52H82N12O5. The lowest BCUT2D eigenvalue weighted by molar-refractivity contribution is -0.132. The average Bonchev–Trinajstić information content (AvgIpc) is 3.83. The van der Waals surface area contributed by atoms with Gasteiger partial charge in [0.15, 0.2) is 0 Å². The minimum Gasteiger partial charge on any atom is -0.373 e. The van der Waals surface area contributed by atoms with Crippen molar-refractivity contribution in [2.75, 3.05) is 96.9 Å². The van der Waals surface area contributed by atoms with E-state index in [1.165, 1.54) is 0 Å². The monoisotopic (exact) mass is 955 g/mol. The van der Waals surface area contributed by atoms with Crippen molar-refractivity contribution >= 4 is 35.2 Å². The van der Waals surface area contributed by atoms with E-state index >= 15 is 0 Å². The highest BCUT2D eigenvalue weighted by molar-refractivity contribution is 5.95. The lowest BCUT2D eigenvalue weighted by Gasteiger charge is -2.33. The van der Waals surface area contributed by atoms with Gasteiger partial charge < -0.3 is 50.8 Å². The molecule has 3 heterocycles. The Morgan fingerprint density at radius 2 is 1.36 bits per heavy atom. The van der Waals surface area contributed by atoms with Gasteiger partial charge in [-0.25, -0.2) is 4.98 Å². The van der Waals surface area contributed by atoms with Gasteiger partial charge in [0.2, 0.25) is 23.6 Å².